The lowest BCUT2D eigenvalue weighted by Crippen LogP contribution is -2.30. The summed E-state index contributed by atoms with van der Waals surface area (Å²) in [6, 6.07) is 11.5. The van der Waals surface area contributed by atoms with Gasteiger partial charge in [-0.1, -0.05) is 18.2 Å². The second-order valence-corrected chi connectivity index (χ2v) is 4.81. The number of pyridine rings is 1. The molecule has 0 unspecified atom stereocenters. The Bertz CT molecular complexity index is 657. The van der Waals surface area contributed by atoms with Gasteiger partial charge in [0.25, 0.3) is 0 Å². The molecule has 0 saturated heterocycles. The first-order valence-electron chi connectivity index (χ1n) is 6.93. The highest BCUT2D eigenvalue weighted by Crippen LogP contribution is 2.32. The van der Waals surface area contributed by atoms with E-state index in [2.05, 4.69) is 10.3 Å². The standard InChI is InChI=1S/C16H17N3O2/c1-17-16-12(5-4-9-18-16)11-19-13-6-2-3-7-14(13)21-10-8-15(19)20/h2-7,9H,8,10-11H2,1H3,(H,17,18). The van der Waals surface area contributed by atoms with E-state index < -0.39 is 0 Å². The summed E-state index contributed by atoms with van der Waals surface area (Å²) in [5, 5.41) is 3.06. The monoisotopic (exact) mass is 283 g/mol. The Labute approximate surface area is 123 Å². The first-order valence-corrected chi connectivity index (χ1v) is 6.93. The van der Waals surface area contributed by atoms with E-state index in [0.29, 0.717) is 19.6 Å². The molecule has 0 spiro atoms. The maximum atomic E-state index is 12.4. The van der Waals surface area contributed by atoms with E-state index in [1.54, 1.807) is 11.1 Å². The summed E-state index contributed by atoms with van der Waals surface area (Å²) < 4.78 is 5.65. The largest absolute Gasteiger partial charge is 0.491 e. The maximum absolute atomic E-state index is 12.4. The number of rotatable bonds is 3. The van der Waals surface area contributed by atoms with Crippen LogP contribution in [0.3, 0.4) is 0 Å². The summed E-state index contributed by atoms with van der Waals surface area (Å²) in [7, 11) is 1.83. The average molecular weight is 283 g/mol. The van der Waals surface area contributed by atoms with Gasteiger partial charge in [-0.3, -0.25) is 4.79 Å². The number of nitrogens with zero attached hydrogens (tertiary/aromatic N) is 2. The van der Waals surface area contributed by atoms with E-state index in [1.807, 2.05) is 43.4 Å². The number of benzene rings is 1. The summed E-state index contributed by atoms with van der Waals surface area (Å²) in [5.74, 6) is 1.59. The fourth-order valence-corrected chi connectivity index (χ4v) is 2.45. The normalized spacial score (nSPS) is 14.1. The molecule has 108 valence electrons. The zero-order valence-electron chi connectivity index (χ0n) is 11.9. The molecule has 21 heavy (non-hydrogen) atoms. The van der Waals surface area contributed by atoms with Gasteiger partial charge in [-0.05, 0) is 18.2 Å². The van der Waals surface area contributed by atoms with Gasteiger partial charge >= 0.3 is 0 Å². The molecule has 1 amide bonds. The van der Waals surface area contributed by atoms with Crippen molar-refractivity contribution in [3.8, 4) is 5.75 Å². The molecule has 1 aromatic heterocycles. The Morgan fingerprint density at radius 3 is 3.00 bits per heavy atom. The molecule has 5 nitrogen and oxygen atoms in total. The molecule has 0 bridgehead atoms. The maximum Gasteiger partial charge on any atom is 0.230 e. The van der Waals surface area contributed by atoms with E-state index in [9.17, 15) is 4.79 Å². The van der Waals surface area contributed by atoms with E-state index >= 15 is 0 Å². The number of hydrogen-bond acceptors (Lipinski definition) is 4. The molecule has 0 fully saturated rings. The van der Waals surface area contributed by atoms with Gasteiger partial charge in [0.2, 0.25) is 5.91 Å². The predicted octanol–water partition coefficient (Wildman–Crippen LogP) is 2.44. The van der Waals surface area contributed by atoms with Gasteiger partial charge < -0.3 is 15.0 Å². The van der Waals surface area contributed by atoms with Crippen LogP contribution in [-0.2, 0) is 11.3 Å². The molecule has 0 saturated carbocycles. The Morgan fingerprint density at radius 2 is 2.14 bits per heavy atom. The van der Waals surface area contributed by atoms with E-state index in [1.165, 1.54) is 0 Å². The number of carbonyl (C=O) groups is 1. The highest BCUT2D eigenvalue weighted by Gasteiger charge is 2.23. The summed E-state index contributed by atoms with van der Waals surface area (Å²) in [5.41, 5.74) is 1.79. The number of para-hydroxylation sites is 2. The van der Waals surface area contributed by atoms with Crippen molar-refractivity contribution in [1.29, 1.82) is 0 Å². The third kappa shape index (κ3) is 2.67. The van der Waals surface area contributed by atoms with Gasteiger partial charge in [-0.2, -0.15) is 0 Å². The number of hydrogen-bond donors (Lipinski definition) is 1. The van der Waals surface area contributed by atoms with Gasteiger partial charge in [0.1, 0.15) is 11.6 Å². The van der Waals surface area contributed by atoms with Gasteiger partial charge in [-0.15, -0.1) is 0 Å². The van der Waals surface area contributed by atoms with Crippen LogP contribution in [-0.4, -0.2) is 24.5 Å². The highest BCUT2D eigenvalue weighted by atomic mass is 16.5. The highest BCUT2D eigenvalue weighted by molar-refractivity contribution is 5.95. The molecule has 1 aliphatic heterocycles. The smallest absolute Gasteiger partial charge is 0.230 e. The minimum atomic E-state index is 0.0610. The van der Waals surface area contributed by atoms with Crippen molar-refractivity contribution >= 4 is 17.4 Å². The number of nitrogens with one attached hydrogen (secondary N) is 1. The molecule has 5 heteroatoms. The Hall–Kier alpha value is -2.56. The van der Waals surface area contributed by atoms with E-state index in [0.717, 1.165) is 22.8 Å². The summed E-state index contributed by atoms with van der Waals surface area (Å²) >= 11 is 0. The predicted molar refractivity (Wildman–Crippen MR) is 81.5 cm³/mol. The Balaban J connectivity index is 1.98. The number of fused-ring (bicyclic) bond motifs is 1. The molecular formula is C16H17N3O2. The van der Waals surface area contributed by atoms with Crippen molar-refractivity contribution in [3.63, 3.8) is 0 Å². The van der Waals surface area contributed by atoms with Crippen LogP contribution in [0.25, 0.3) is 0 Å². The first-order chi connectivity index (χ1) is 10.3. The first kappa shape index (κ1) is 13.4. The zero-order valence-corrected chi connectivity index (χ0v) is 11.9. The summed E-state index contributed by atoms with van der Waals surface area (Å²) in [4.78, 5) is 18.4. The van der Waals surface area contributed by atoms with Crippen molar-refractivity contribution in [2.24, 2.45) is 0 Å². The van der Waals surface area contributed by atoms with Crippen molar-refractivity contribution in [3.05, 3.63) is 48.2 Å². The van der Waals surface area contributed by atoms with Gasteiger partial charge in [0.05, 0.1) is 25.3 Å². The molecule has 2 aromatic rings. The second kappa shape index (κ2) is 5.83. The van der Waals surface area contributed by atoms with Gasteiger partial charge in [0.15, 0.2) is 0 Å². The lowest BCUT2D eigenvalue weighted by atomic mass is 10.2. The Kier molecular flexibility index (Phi) is 3.73. The van der Waals surface area contributed by atoms with Crippen molar-refractivity contribution in [2.45, 2.75) is 13.0 Å². The number of amides is 1. The van der Waals surface area contributed by atoms with Crippen LogP contribution < -0.4 is 15.0 Å². The zero-order chi connectivity index (χ0) is 14.7. The van der Waals surface area contributed by atoms with E-state index in [-0.39, 0.29) is 5.91 Å². The summed E-state index contributed by atoms with van der Waals surface area (Å²) in [6.45, 7) is 0.890. The van der Waals surface area contributed by atoms with Crippen molar-refractivity contribution < 1.29 is 9.53 Å². The van der Waals surface area contributed by atoms with Gasteiger partial charge in [-0.25, -0.2) is 4.98 Å². The number of aromatic nitrogens is 1. The van der Waals surface area contributed by atoms with Gasteiger partial charge in [0, 0.05) is 18.8 Å². The number of carbonyl (C=O) groups excluding carboxylic acids is 1. The number of anilines is 2. The molecule has 0 radical (unpaired) electrons. The SMILES string of the molecule is CNc1ncccc1CN1C(=O)CCOc2ccccc21. The van der Waals surface area contributed by atoms with Crippen LogP contribution in [0.4, 0.5) is 11.5 Å². The molecule has 0 aliphatic carbocycles. The van der Waals surface area contributed by atoms with Crippen LogP contribution in [0, 0.1) is 0 Å². The minimum absolute atomic E-state index is 0.0610. The molecule has 2 heterocycles. The third-order valence-electron chi connectivity index (χ3n) is 3.49. The van der Waals surface area contributed by atoms with Crippen LogP contribution in [0.2, 0.25) is 0 Å². The fourth-order valence-electron chi connectivity index (χ4n) is 2.45. The van der Waals surface area contributed by atoms with Crippen LogP contribution in [0.15, 0.2) is 42.6 Å². The van der Waals surface area contributed by atoms with Crippen LogP contribution in [0.5, 0.6) is 5.75 Å². The average Bonchev–Trinajstić information content (AvgIpc) is 2.68. The molecule has 3 rings (SSSR count). The molecular weight excluding hydrogens is 266 g/mol. The van der Waals surface area contributed by atoms with Crippen LogP contribution in [0.1, 0.15) is 12.0 Å². The lowest BCUT2D eigenvalue weighted by Gasteiger charge is -2.22. The number of ether oxygens (including phenoxy) is 1. The Morgan fingerprint density at radius 1 is 1.29 bits per heavy atom. The van der Waals surface area contributed by atoms with Crippen LogP contribution >= 0.6 is 0 Å². The third-order valence-corrected chi connectivity index (χ3v) is 3.49. The van der Waals surface area contributed by atoms with E-state index in [4.69, 9.17) is 4.74 Å². The molecule has 0 atom stereocenters. The lowest BCUT2D eigenvalue weighted by molar-refractivity contribution is -0.118. The molecule has 1 aromatic carbocycles. The van der Waals surface area contributed by atoms with Crippen molar-refractivity contribution in [2.75, 3.05) is 23.9 Å². The topological polar surface area (TPSA) is 54.5 Å². The van der Waals surface area contributed by atoms with Crippen molar-refractivity contribution in [1.82, 2.24) is 4.98 Å². The summed E-state index contributed by atoms with van der Waals surface area (Å²) in [6.07, 6.45) is 2.11. The second-order valence-electron chi connectivity index (χ2n) is 4.81. The quantitative estimate of drug-likeness (QED) is 0.940. The fraction of sp³-hybridized carbons (Fsp3) is 0.250. The molecule has 1 N–H and O–H groups in total. The molecule has 1 aliphatic rings. The minimum Gasteiger partial charge on any atom is -0.491 e.